The predicted molar refractivity (Wildman–Crippen MR) is 73.2 cm³/mol. The zero-order chi connectivity index (χ0) is 14.7. The van der Waals surface area contributed by atoms with Crippen molar-refractivity contribution < 1.29 is 19.2 Å². The fourth-order valence-electron chi connectivity index (χ4n) is 1.71. The Balaban J connectivity index is 2.01. The molecule has 0 aliphatic rings. The van der Waals surface area contributed by atoms with Gasteiger partial charge in [0.25, 0.3) is 0 Å². The molecule has 0 aliphatic carbocycles. The second-order valence-corrected chi connectivity index (χ2v) is 4.73. The van der Waals surface area contributed by atoms with Gasteiger partial charge < -0.3 is 14.8 Å². The monoisotopic (exact) mass is 278 g/mol. The standard InChI is InChI=1S/C13H16BFN2O3/c1-9(2)17-6-5-10(16-17)8-20-11-3-4-12(14(18)19)13(15)7-11/h3-7,9,18-19H,8H2,1-2H3. The largest absolute Gasteiger partial charge is 0.491 e. The van der Waals surface area contributed by atoms with Gasteiger partial charge in [-0.15, -0.1) is 0 Å². The van der Waals surface area contributed by atoms with E-state index in [0.29, 0.717) is 5.75 Å². The quantitative estimate of drug-likeness (QED) is 0.796. The van der Waals surface area contributed by atoms with Crippen LogP contribution in [-0.4, -0.2) is 26.9 Å². The summed E-state index contributed by atoms with van der Waals surface area (Å²) >= 11 is 0. The Kier molecular flexibility index (Phi) is 4.41. The summed E-state index contributed by atoms with van der Waals surface area (Å²) in [5.74, 6) is -0.406. The Labute approximate surface area is 116 Å². The van der Waals surface area contributed by atoms with Gasteiger partial charge in [-0.25, -0.2) is 4.39 Å². The highest BCUT2D eigenvalue weighted by atomic mass is 19.1. The minimum Gasteiger partial charge on any atom is -0.487 e. The number of hydrogen-bond donors (Lipinski definition) is 2. The molecule has 106 valence electrons. The van der Waals surface area contributed by atoms with Crippen molar-refractivity contribution in [2.45, 2.75) is 26.5 Å². The smallest absolute Gasteiger partial charge is 0.487 e. The van der Waals surface area contributed by atoms with Crippen molar-refractivity contribution in [1.82, 2.24) is 9.78 Å². The Morgan fingerprint density at radius 1 is 1.35 bits per heavy atom. The van der Waals surface area contributed by atoms with Crippen molar-refractivity contribution in [3.8, 4) is 5.75 Å². The lowest BCUT2D eigenvalue weighted by Crippen LogP contribution is -2.32. The van der Waals surface area contributed by atoms with Gasteiger partial charge in [0.05, 0.1) is 5.69 Å². The molecule has 1 aromatic heterocycles. The van der Waals surface area contributed by atoms with E-state index in [1.165, 1.54) is 12.1 Å². The molecule has 7 heteroatoms. The molecule has 0 radical (unpaired) electrons. The van der Waals surface area contributed by atoms with Crippen LogP contribution in [0.2, 0.25) is 0 Å². The first kappa shape index (κ1) is 14.6. The molecule has 0 amide bonds. The zero-order valence-electron chi connectivity index (χ0n) is 11.3. The van der Waals surface area contributed by atoms with Crippen molar-refractivity contribution in [1.29, 1.82) is 0 Å². The molecule has 0 aliphatic heterocycles. The summed E-state index contributed by atoms with van der Waals surface area (Å²) in [6, 6.07) is 5.99. The maximum absolute atomic E-state index is 13.5. The average Bonchev–Trinajstić information content (AvgIpc) is 2.85. The van der Waals surface area contributed by atoms with Gasteiger partial charge in [-0.05, 0) is 26.0 Å². The molecular weight excluding hydrogens is 262 g/mol. The maximum atomic E-state index is 13.5. The number of nitrogens with zero attached hydrogens (tertiary/aromatic N) is 2. The van der Waals surface area contributed by atoms with Crippen LogP contribution in [0.15, 0.2) is 30.5 Å². The Morgan fingerprint density at radius 3 is 2.65 bits per heavy atom. The fourth-order valence-corrected chi connectivity index (χ4v) is 1.71. The summed E-state index contributed by atoms with van der Waals surface area (Å²) < 4.78 is 20.7. The van der Waals surface area contributed by atoms with E-state index >= 15 is 0 Å². The molecule has 1 heterocycles. The molecule has 5 nitrogen and oxygen atoms in total. The lowest BCUT2D eigenvalue weighted by atomic mass is 9.80. The van der Waals surface area contributed by atoms with Crippen molar-refractivity contribution in [2.75, 3.05) is 0 Å². The number of halogens is 1. The molecule has 0 unspecified atom stereocenters. The molecule has 0 atom stereocenters. The minimum absolute atomic E-state index is 0.179. The molecule has 2 aromatic rings. The van der Waals surface area contributed by atoms with Crippen LogP contribution >= 0.6 is 0 Å². The van der Waals surface area contributed by atoms with Gasteiger partial charge in [-0.2, -0.15) is 5.10 Å². The van der Waals surface area contributed by atoms with Crippen molar-refractivity contribution in [3.05, 3.63) is 42.0 Å². The zero-order valence-corrected chi connectivity index (χ0v) is 11.3. The lowest BCUT2D eigenvalue weighted by Gasteiger charge is -2.07. The van der Waals surface area contributed by atoms with Crippen molar-refractivity contribution >= 4 is 12.6 Å². The molecule has 1 aromatic carbocycles. The molecule has 2 rings (SSSR count). The summed E-state index contributed by atoms with van der Waals surface area (Å²) in [6.07, 6.45) is 1.86. The molecule has 0 fully saturated rings. The topological polar surface area (TPSA) is 67.5 Å². The van der Waals surface area contributed by atoms with E-state index < -0.39 is 12.9 Å². The first-order valence-corrected chi connectivity index (χ1v) is 6.30. The SMILES string of the molecule is CC(C)n1ccc(COc2ccc(B(O)O)c(F)c2)n1. The molecule has 2 N–H and O–H groups in total. The maximum Gasteiger partial charge on any atom is 0.491 e. The Bertz CT molecular complexity index is 587. The van der Waals surface area contributed by atoms with E-state index in [1.807, 2.05) is 30.8 Å². The van der Waals surface area contributed by atoms with Gasteiger partial charge in [0.2, 0.25) is 0 Å². The van der Waals surface area contributed by atoms with Crippen LogP contribution in [0.3, 0.4) is 0 Å². The highest BCUT2D eigenvalue weighted by Gasteiger charge is 2.16. The van der Waals surface area contributed by atoms with Crippen LogP contribution in [0.25, 0.3) is 0 Å². The van der Waals surface area contributed by atoms with Crippen LogP contribution < -0.4 is 10.2 Å². The number of aromatic nitrogens is 2. The molecular formula is C13H16BFN2O3. The summed E-state index contributed by atoms with van der Waals surface area (Å²) in [7, 11) is -1.83. The first-order valence-electron chi connectivity index (χ1n) is 6.30. The predicted octanol–water partition coefficient (Wildman–Crippen LogP) is 0.862. The van der Waals surface area contributed by atoms with Gasteiger partial charge in [0.15, 0.2) is 0 Å². The van der Waals surface area contributed by atoms with Gasteiger partial charge in [0, 0.05) is 23.8 Å². The van der Waals surface area contributed by atoms with Crippen LogP contribution in [0, 0.1) is 5.82 Å². The van der Waals surface area contributed by atoms with Gasteiger partial charge in [-0.3, -0.25) is 4.68 Å². The fraction of sp³-hybridized carbons (Fsp3) is 0.308. The lowest BCUT2D eigenvalue weighted by molar-refractivity contribution is 0.297. The van der Waals surface area contributed by atoms with E-state index in [-0.39, 0.29) is 18.1 Å². The van der Waals surface area contributed by atoms with Crippen molar-refractivity contribution in [2.24, 2.45) is 0 Å². The molecule has 0 spiro atoms. The summed E-state index contributed by atoms with van der Waals surface area (Å²) in [4.78, 5) is 0. The first-order chi connectivity index (χ1) is 9.47. The number of benzene rings is 1. The number of hydrogen-bond acceptors (Lipinski definition) is 4. The van der Waals surface area contributed by atoms with E-state index in [9.17, 15) is 4.39 Å². The van der Waals surface area contributed by atoms with E-state index in [4.69, 9.17) is 14.8 Å². The van der Waals surface area contributed by atoms with Gasteiger partial charge in [-0.1, -0.05) is 6.07 Å². The molecule has 0 saturated carbocycles. The highest BCUT2D eigenvalue weighted by molar-refractivity contribution is 6.58. The number of ether oxygens (including phenoxy) is 1. The van der Waals surface area contributed by atoms with Gasteiger partial charge >= 0.3 is 7.12 Å². The van der Waals surface area contributed by atoms with Gasteiger partial charge in [0.1, 0.15) is 18.2 Å². The third kappa shape index (κ3) is 3.37. The molecule has 20 heavy (non-hydrogen) atoms. The summed E-state index contributed by atoms with van der Waals surface area (Å²) in [6.45, 7) is 4.26. The summed E-state index contributed by atoms with van der Waals surface area (Å²) in [5, 5.41) is 22.2. The second-order valence-electron chi connectivity index (χ2n) is 4.73. The Hall–Kier alpha value is -1.86. The highest BCUT2D eigenvalue weighted by Crippen LogP contribution is 2.13. The third-order valence-electron chi connectivity index (χ3n) is 2.83. The average molecular weight is 278 g/mol. The van der Waals surface area contributed by atoms with Crippen LogP contribution in [0.1, 0.15) is 25.6 Å². The van der Waals surface area contributed by atoms with E-state index in [2.05, 4.69) is 5.10 Å². The van der Waals surface area contributed by atoms with E-state index in [0.717, 1.165) is 11.8 Å². The minimum atomic E-state index is -1.83. The van der Waals surface area contributed by atoms with Crippen LogP contribution in [0.5, 0.6) is 5.75 Å². The molecule has 0 saturated heterocycles. The molecule has 0 bridgehead atoms. The third-order valence-corrected chi connectivity index (χ3v) is 2.83. The summed E-state index contributed by atoms with van der Waals surface area (Å²) in [5.41, 5.74) is 0.562. The Morgan fingerprint density at radius 2 is 2.10 bits per heavy atom. The second kappa shape index (κ2) is 6.07. The van der Waals surface area contributed by atoms with E-state index in [1.54, 1.807) is 0 Å². The van der Waals surface area contributed by atoms with Crippen molar-refractivity contribution in [3.63, 3.8) is 0 Å². The van der Waals surface area contributed by atoms with Crippen LogP contribution in [0.4, 0.5) is 4.39 Å². The van der Waals surface area contributed by atoms with Crippen LogP contribution in [-0.2, 0) is 6.61 Å². The normalized spacial score (nSPS) is 10.9. The number of rotatable bonds is 5.